The first-order chi connectivity index (χ1) is 8.45. The highest BCUT2D eigenvalue weighted by atomic mass is 16.5. The number of amides is 1. The number of likely N-dealkylation sites (tertiary alicyclic amines) is 1. The molecule has 18 heavy (non-hydrogen) atoms. The molecular formula is C12H20N2O4. The second kappa shape index (κ2) is 4.85. The van der Waals surface area contributed by atoms with E-state index in [9.17, 15) is 9.59 Å². The molecule has 6 nitrogen and oxygen atoms in total. The standard InChI is InChI=1S/C12H20N2O4/c1-12(7-18-6-9(12)13)11(17)14-4-2-8(3-5-14)10(15)16/h8-9H,2-7,13H2,1H3,(H,15,16). The summed E-state index contributed by atoms with van der Waals surface area (Å²) in [5.74, 6) is -1.10. The zero-order valence-corrected chi connectivity index (χ0v) is 10.6. The number of ether oxygens (including phenoxy) is 1. The van der Waals surface area contributed by atoms with Crippen LogP contribution in [0.25, 0.3) is 0 Å². The van der Waals surface area contributed by atoms with E-state index in [0.717, 1.165) is 0 Å². The number of carbonyl (C=O) groups excluding carboxylic acids is 1. The molecular weight excluding hydrogens is 236 g/mol. The highest BCUT2D eigenvalue weighted by molar-refractivity contribution is 5.84. The van der Waals surface area contributed by atoms with Crippen LogP contribution >= 0.6 is 0 Å². The Kier molecular flexibility index (Phi) is 3.59. The van der Waals surface area contributed by atoms with Crippen molar-refractivity contribution in [3.63, 3.8) is 0 Å². The van der Waals surface area contributed by atoms with Gasteiger partial charge in [-0.05, 0) is 19.8 Å². The zero-order chi connectivity index (χ0) is 13.3. The molecule has 0 aliphatic carbocycles. The Morgan fingerprint density at radius 2 is 2.00 bits per heavy atom. The molecule has 2 aliphatic heterocycles. The maximum Gasteiger partial charge on any atom is 0.306 e. The maximum absolute atomic E-state index is 12.4. The Labute approximate surface area is 106 Å². The van der Waals surface area contributed by atoms with Crippen LogP contribution < -0.4 is 5.73 Å². The first-order valence-corrected chi connectivity index (χ1v) is 6.30. The lowest BCUT2D eigenvalue weighted by Crippen LogP contribution is -2.53. The summed E-state index contributed by atoms with van der Waals surface area (Å²) in [6.45, 7) is 3.59. The van der Waals surface area contributed by atoms with Crippen LogP contribution in [0.4, 0.5) is 0 Å². The van der Waals surface area contributed by atoms with Gasteiger partial charge in [-0.3, -0.25) is 9.59 Å². The van der Waals surface area contributed by atoms with Crippen LogP contribution in [0.2, 0.25) is 0 Å². The molecule has 0 aromatic rings. The van der Waals surface area contributed by atoms with E-state index in [1.165, 1.54) is 0 Å². The number of nitrogens with two attached hydrogens (primary N) is 1. The predicted molar refractivity (Wildman–Crippen MR) is 63.8 cm³/mol. The van der Waals surface area contributed by atoms with E-state index in [2.05, 4.69) is 0 Å². The van der Waals surface area contributed by atoms with Gasteiger partial charge in [0, 0.05) is 19.1 Å². The third-order valence-corrected chi connectivity index (χ3v) is 4.14. The van der Waals surface area contributed by atoms with Gasteiger partial charge in [-0.15, -0.1) is 0 Å². The summed E-state index contributed by atoms with van der Waals surface area (Å²) in [7, 11) is 0. The van der Waals surface area contributed by atoms with Gasteiger partial charge in [0.05, 0.1) is 24.5 Å². The molecule has 2 atom stereocenters. The highest BCUT2D eigenvalue weighted by Crippen LogP contribution is 2.31. The molecule has 2 fully saturated rings. The molecule has 0 radical (unpaired) electrons. The van der Waals surface area contributed by atoms with Gasteiger partial charge in [-0.25, -0.2) is 0 Å². The summed E-state index contributed by atoms with van der Waals surface area (Å²) >= 11 is 0. The van der Waals surface area contributed by atoms with Gasteiger partial charge in [0.1, 0.15) is 0 Å². The summed E-state index contributed by atoms with van der Waals surface area (Å²) < 4.78 is 5.28. The highest BCUT2D eigenvalue weighted by Gasteiger charge is 2.47. The van der Waals surface area contributed by atoms with E-state index in [-0.39, 0.29) is 17.9 Å². The number of hydrogen-bond acceptors (Lipinski definition) is 4. The van der Waals surface area contributed by atoms with Crippen LogP contribution in [0, 0.1) is 11.3 Å². The first kappa shape index (κ1) is 13.3. The molecule has 6 heteroatoms. The lowest BCUT2D eigenvalue weighted by molar-refractivity contribution is -0.149. The quantitative estimate of drug-likeness (QED) is 0.706. The Hall–Kier alpha value is -1.14. The van der Waals surface area contributed by atoms with E-state index in [1.54, 1.807) is 4.90 Å². The van der Waals surface area contributed by atoms with Gasteiger partial charge in [-0.1, -0.05) is 0 Å². The molecule has 102 valence electrons. The molecule has 2 rings (SSSR count). The predicted octanol–water partition coefficient (Wildman–Crippen LogP) is -0.327. The third-order valence-electron chi connectivity index (χ3n) is 4.14. The van der Waals surface area contributed by atoms with Gasteiger partial charge in [0.15, 0.2) is 0 Å². The fraction of sp³-hybridized carbons (Fsp3) is 0.833. The van der Waals surface area contributed by atoms with Gasteiger partial charge in [0.25, 0.3) is 0 Å². The molecule has 2 unspecified atom stereocenters. The molecule has 0 bridgehead atoms. The number of piperidine rings is 1. The summed E-state index contributed by atoms with van der Waals surface area (Å²) in [6, 6.07) is -0.276. The second-order valence-electron chi connectivity index (χ2n) is 5.44. The monoisotopic (exact) mass is 256 g/mol. The van der Waals surface area contributed by atoms with Crippen molar-refractivity contribution in [2.45, 2.75) is 25.8 Å². The van der Waals surface area contributed by atoms with Crippen LogP contribution in [0.15, 0.2) is 0 Å². The van der Waals surface area contributed by atoms with E-state index < -0.39 is 11.4 Å². The number of hydrogen-bond donors (Lipinski definition) is 2. The maximum atomic E-state index is 12.4. The number of rotatable bonds is 2. The number of aliphatic carboxylic acids is 1. The molecule has 0 saturated carbocycles. The number of nitrogens with zero attached hydrogens (tertiary/aromatic N) is 1. The van der Waals surface area contributed by atoms with Gasteiger partial charge < -0.3 is 20.5 Å². The number of carboxylic acid groups (broad SMARTS) is 1. The average Bonchev–Trinajstić information content (AvgIpc) is 2.70. The zero-order valence-electron chi connectivity index (χ0n) is 10.6. The number of carboxylic acids is 1. The Bertz CT molecular complexity index is 352. The van der Waals surface area contributed by atoms with Crippen molar-refractivity contribution < 1.29 is 19.4 Å². The van der Waals surface area contributed by atoms with Crippen LogP contribution in [0.1, 0.15) is 19.8 Å². The molecule has 2 aliphatic rings. The van der Waals surface area contributed by atoms with Crippen molar-refractivity contribution in [2.24, 2.45) is 17.1 Å². The van der Waals surface area contributed by atoms with Crippen molar-refractivity contribution in [1.82, 2.24) is 4.90 Å². The molecule has 0 spiro atoms. The molecule has 2 heterocycles. The van der Waals surface area contributed by atoms with Crippen LogP contribution in [0.5, 0.6) is 0 Å². The van der Waals surface area contributed by atoms with Crippen molar-refractivity contribution in [1.29, 1.82) is 0 Å². The molecule has 3 N–H and O–H groups in total. The van der Waals surface area contributed by atoms with Gasteiger partial charge >= 0.3 is 5.97 Å². The summed E-state index contributed by atoms with van der Waals surface area (Å²) in [5, 5.41) is 8.92. The van der Waals surface area contributed by atoms with E-state index in [1.807, 2.05) is 6.92 Å². The first-order valence-electron chi connectivity index (χ1n) is 6.30. The third kappa shape index (κ3) is 2.22. The number of carbonyl (C=O) groups is 2. The Morgan fingerprint density at radius 1 is 1.39 bits per heavy atom. The van der Waals surface area contributed by atoms with Crippen LogP contribution in [-0.4, -0.2) is 54.2 Å². The fourth-order valence-corrected chi connectivity index (χ4v) is 2.60. The summed E-state index contributed by atoms with van der Waals surface area (Å²) in [4.78, 5) is 25.0. The van der Waals surface area contributed by atoms with Gasteiger partial charge in [-0.2, -0.15) is 0 Å². The minimum atomic E-state index is -0.769. The van der Waals surface area contributed by atoms with E-state index >= 15 is 0 Å². The van der Waals surface area contributed by atoms with Crippen molar-refractivity contribution >= 4 is 11.9 Å². The van der Waals surface area contributed by atoms with Crippen LogP contribution in [0.3, 0.4) is 0 Å². The average molecular weight is 256 g/mol. The van der Waals surface area contributed by atoms with Crippen LogP contribution in [-0.2, 0) is 14.3 Å². The lowest BCUT2D eigenvalue weighted by Gasteiger charge is -2.36. The SMILES string of the molecule is CC1(C(=O)N2CCC(C(=O)O)CC2)COCC1N. The van der Waals surface area contributed by atoms with Crippen molar-refractivity contribution in [3.05, 3.63) is 0 Å². The minimum Gasteiger partial charge on any atom is -0.481 e. The summed E-state index contributed by atoms with van der Waals surface area (Å²) in [6.07, 6.45) is 1.04. The fourth-order valence-electron chi connectivity index (χ4n) is 2.60. The van der Waals surface area contributed by atoms with E-state index in [4.69, 9.17) is 15.6 Å². The minimum absolute atomic E-state index is 0.00339. The lowest BCUT2D eigenvalue weighted by atomic mass is 9.83. The normalized spacial score (nSPS) is 33.7. The van der Waals surface area contributed by atoms with Gasteiger partial charge in [0.2, 0.25) is 5.91 Å². The summed E-state index contributed by atoms with van der Waals surface area (Å²) in [5.41, 5.74) is 5.27. The molecule has 1 amide bonds. The largest absolute Gasteiger partial charge is 0.481 e. The topological polar surface area (TPSA) is 92.9 Å². The molecule has 0 aromatic heterocycles. The molecule has 2 saturated heterocycles. The second-order valence-corrected chi connectivity index (χ2v) is 5.44. The van der Waals surface area contributed by atoms with E-state index in [0.29, 0.717) is 39.1 Å². The Balaban J connectivity index is 1.97. The van der Waals surface area contributed by atoms with Crippen molar-refractivity contribution in [3.8, 4) is 0 Å². The Morgan fingerprint density at radius 3 is 2.44 bits per heavy atom. The molecule has 0 aromatic carbocycles. The van der Waals surface area contributed by atoms with Crippen molar-refractivity contribution in [2.75, 3.05) is 26.3 Å². The smallest absolute Gasteiger partial charge is 0.306 e.